The number of nitrogens with two attached hydrogens (primary N) is 1. The fraction of sp³-hybridized carbons (Fsp3) is 0.333. The third kappa shape index (κ3) is 1.47. The molecule has 2 N–H and O–H groups in total. The predicted octanol–water partition coefficient (Wildman–Crippen LogP) is 1.68. The maximum absolute atomic E-state index is 12.1. The molecule has 5 nitrogen and oxygen atoms in total. The third-order valence-corrected chi connectivity index (χ3v) is 3.70. The van der Waals surface area contributed by atoms with Crippen LogP contribution in [0.4, 0.5) is 5.95 Å². The van der Waals surface area contributed by atoms with Crippen LogP contribution in [0.2, 0.25) is 5.02 Å². The fourth-order valence-electron chi connectivity index (χ4n) is 2.48. The van der Waals surface area contributed by atoms with Crippen LogP contribution in [-0.2, 0) is 4.79 Å². The number of hydrogen-bond acceptors (Lipinski definition) is 3. The molecule has 1 amide bonds. The number of anilines is 1. The zero-order valence-electron chi connectivity index (χ0n) is 9.93. The average Bonchev–Trinajstić information content (AvgIpc) is 2.82. The Morgan fingerprint density at radius 2 is 2.28 bits per heavy atom. The van der Waals surface area contributed by atoms with Gasteiger partial charge in [-0.1, -0.05) is 17.7 Å². The molecular weight excluding hydrogens is 252 g/mol. The van der Waals surface area contributed by atoms with Crippen molar-refractivity contribution in [1.82, 2.24) is 14.5 Å². The Labute approximate surface area is 109 Å². The van der Waals surface area contributed by atoms with E-state index in [9.17, 15) is 4.79 Å². The maximum atomic E-state index is 12.1. The van der Waals surface area contributed by atoms with Crippen molar-refractivity contribution in [3.05, 3.63) is 23.2 Å². The molecule has 3 rings (SSSR count). The number of likely N-dealkylation sites (tertiary alicyclic amines) is 1. The van der Waals surface area contributed by atoms with Crippen LogP contribution in [0.15, 0.2) is 18.2 Å². The fourth-order valence-corrected chi connectivity index (χ4v) is 2.74. The van der Waals surface area contributed by atoms with Gasteiger partial charge in [-0.2, -0.15) is 0 Å². The Morgan fingerprint density at radius 3 is 2.94 bits per heavy atom. The molecule has 2 aromatic rings. The van der Waals surface area contributed by atoms with Crippen molar-refractivity contribution in [2.75, 3.05) is 19.3 Å². The molecule has 0 spiro atoms. The number of likely N-dealkylation sites (N-methyl/N-ethyl adjacent to an activating group) is 1. The molecule has 0 bridgehead atoms. The van der Waals surface area contributed by atoms with Crippen molar-refractivity contribution in [3.8, 4) is 0 Å². The number of halogens is 1. The minimum Gasteiger partial charge on any atom is -0.369 e. The lowest BCUT2D eigenvalue weighted by Gasteiger charge is -2.14. The maximum Gasteiger partial charge on any atom is 0.245 e. The summed E-state index contributed by atoms with van der Waals surface area (Å²) in [6.07, 6.45) is 0.732. The van der Waals surface area contributed by atoms with E-state index in [1.807, 2.05) is 12.1 Å². The number of aromatic nitrogens is 2. The zero-order chi connectivity index (χ0) is 12.9. The molecule has 0 saturated carbocycles. The second-order valence-electron chi connectivity index (χ2n) is 4.51. The number of carbonyl (C=O) groups is 1. The minimum absolute atomic E-state index is 0.0564. The van der Waals surface area contributed by atoms with Crippen LogP contribution in [0.1, 0.15) is 12.5 Å². The molecule has 1 saturated heterocycles. The summed E-state index contributed by atoms with van der Waals surface area (Å²) in [6.45, 7) is 0.729. The van der Waals surface area contributed by atoms with E-state index in [0.717, 1.165) is 24.0 Å². The van der Waals surface area contributed by atoms with Crippen LogP contribution < -0.4 is 5.73 Å². The van der Waals surface area contributed by atoms with Gasteiger partial charge in [0.15, 0.2) is 0 Å². The Kier molecular flexibility index (Phi) is 2.45. The summed E-state index contributed by atoms with van der Waals surface area (Å²) in [4.78, 5) is 18.1. The normalized spacial score (nSPS) is 20.0. The SMILES string of the molecule is CN1CCC(n2c(N)nc3cccc(Cl)c32)C1=O. The number of benzene rings is 1. The monoisotopic (exact) mass is 264 g/mol. The lowest BCUT2D eigenvalue weighted by Crippen LogP contribution is -2.25. The number of nitrogen functional groups attached to an aromatic ring is 1. The van der Waals surface area contributed by atoms with Gasteiger partial charge in [-0.15, -0.1) is 0 Å². The highest BCUT2D eigenvalue weighted by molar-refractivity contribution is 6.35. The first kappa shape index (κ1) is 11.3. The summed E-state index contributed by atoms with van der Waals surface area (Å²) in [6, 6.07) is 5.16. The summed E-state index contributed by atoms with van der Waals surface area (Å²) < 4.78 is 1.75. The molecule has 1 aliphatic rings. The Hall–Kier alpha value is -1.75. The minimum atomic E-state index is -0.292. The number of carbonyl (C=O) groups excluding carboxylic acids is 1. The number of rotatable bonds is 1. The topological polar surface area (TPSA) is 64.2 Å². The van der Waals surface area contributed by atoms with E-state index >= 15 is 0 Å². The van der Waals surface area contributed by atoms with Crippen LogP contribution in [0.3, 0.4) is 0 Å². The van der Waals surface area contributed by atoms with Gasteiger partial charge in [-0.25, -0.2) is 4.98 Å². The Balaban J connectivity index is 2.23. The van der Waals surface area contributed by atoms with E-state index in [1.165, 1.54) is 0 Å². The summed E-state index contributed by atoms with van der Waals surface area (Å²) in [5.74, 6) is 0.396. The Morgan fingerprint density at radius 1 is 1.50 bits per heavy atom. The summed E-state index contributed by atoms with van der Waals surface area (Å²) in [5.41, 5.74) is 7.40. The molecule has 1 fully saturated rings. The van der Waals surface area contributed by atoms with Crippen LogP contribution in [0, 0.1) is 0 Å². The second kappa shape index (κ2) is 3.88. The first-order valence-electron chi connectivity index (χ1n) is 5.76. The molecular formula is C12H13ClN4O. The quantitative estimate of drug-likeness (QED) is 0.852. The van der Waals surface area contributed by atoms with Gasteiger partial charge >= 0.3 is 0 Å². The number of fused-ring (bicyclic) bond motifs is 1. The predicted molar refractivity (Wildman–Crippen MR) is 70.4 cm³/mol. The molecule has 94 valence electrons. The van der Waals surface area contributed by atoms with Gasteiger partial charge in [0.1, 0.15) is 6.04 Å². The van der Waals surface area contributed by atoms with Crippen molar-refractivity contribution in [3.63, 3.8) is 0 Å². The van der Waals surface area contributed by atoms with Crippen LogP contribution in [-0.4, -0.2) is 34.0 Å². The molecule has 6 heteroatoms. The standard InChI is InChI=1S/C12H13ClN4O/c1-16-6-5-9(11(16)18)17-10-7(13)3-2-4-8(10)15-12(17)14/h2-4,9H,5-6H2,1H3,(H2,14,15). The largest absolute Gasteiger partial charge is 0.369 e. The first-order chi connectivity index (χ1) is 8.59. The summed E-state index contributed by atoms with van der Waals surface area (Å²) in [7, 11) is 1.79. The first-order valence-corrected chi connectivity index (χ1v) is 6.14. The highest BCUT2D eigenvalue weighted by Crippen LogP contribution is 2.33. The zero-order valence-corrected chi connectivity index (χ0v) is 10.7. The van der Waals surface area contributed by atoms with Crippen molar-refractivity contribution in [2.45, 2.75) is 12.5 Å². The van der Waals surface area contributed by atoms with Gasteiger partial charge in [0, 0.05) is 13.6 Å². The highest BCUT2D eigenvalue weighted by atomic mass is 35.5. The number of amides is 1. The number of hydrogen-bond donors (Lipinski definition) is 1. The van der Waals surface area contributed by atoms with Crippen LogP contribution in [0.5, 0.6) is 0 Å². The van der Waals surface area contributed by atoms with E-state index in [1.54, 1.807) is 22.6 Å². The van der Waals surface area contributed by atoms with Crippen LogP contribution in [0.25, 0.3) is 11.0 Å². The van der Waals surface area contributed by atoms with Gasteiger partial charge in [-0.05, 0) is 18.6 Å². The van der Waals surface area contributed by atoms with E-state index in [0.29, 0.717) is 11.0 Å². The van der Waals surface area contributed by atoms with E-state index in [-0.39, 0.29) is 11.9 Å². The van der Waals surface area contributed by atoms with Crippen molar-refractivity contribution < 1.29 is 4.79 Å². The second-order valence-corrected chi connectivity index (χ2v) is 4.92. The van der Waals surface area contributed by atoms with E-state index < -0.39 is 0 Å². The van der Waals surface area contributed by atoms with Gasteiger partial charge in [0.25, 0.3) is 0 Å². The lowest BCUT2D eigenvalue weighted by atomic mass is 10.2. The van der Waals surface area contributed by atoms with Gasteiger partial charge in [-0.3, -0.25) is 9.36 Å². The van der Waals surface area contributed by atoms with E-state index in [2.05, 4.69) is 4.98 Å². The lowest BCUT2D eigenvalue weighted by molar-refractivity contribution is -0.129. The molecule has 1 aromatic carbocycles. The van der Waals surface area contributed by atoms with E-state index in [4.69, 9.17) is 17.3 Å². The molecule has 1 unspecified atom stereocenters. The van der Waals surface area contributed by atoms with Gasteiger partial charge < -0.3 is 10.6 Å². The molecule has 18 heavy (non-hydrogen) atoms. The molecule has 2 heterocycles. The van der Waals surface area contributed by atoms with Crippen LogP contribution >= 0.6 is 11.6 Å². The molecule has 0 radical (unpaired) electrons. The van der Waals surface area contributed by atoms with Crippen molar-refractivity contribution >= 4 is 34.5 Å². The smallest absolute Gasteiger partial charge is 0.245 e. The number of imidazole rings is 1. The molecule has 1 atom stereocenters. The van der Waals surface area contributed by atoms with Gasteiger partial charge in [0.2, 0.25) is 11.9 Å². The highest BCUT2D eigenvalue weighted by Gasteiger charge is 2.33. The molecule has 1 aromatic heterocycles. The van der Waals surface area contributed by atoms with Crippen molar-refractivity contribution in [2.24, 2.45) is 0 Å². The number of nitrogens with zero attached hydrogens (tertiary/aromatic N) is 3. The third-order valence-electron chi connectivity index (χ3n) is 3.40. The molecule has 0 aliphatic carbocycles. The Bertz CT molecular complexity index is 636. The van der Waals surface area contributed by atoms with Gasteiger partial charge in [0.05, 0.1) is 16.1 Å². The average molecular weight is 265 g/mol. The summed E-state index contributed by atoms with van der Waals surface area (Å²) in [5, 5.41) is 0.569. The van der Waals surface area contributed by atoms with Crippen molar-refractivity contribution in [1.29, 1.82) is 0 Å². The number of para-hydroxylation sites is 1. The summed E-state index contributed by atoms with van der Waals surface area (Å²) >= 11 is 6.20. The molecule has 1 aliphatic heterocycles.